The summed E-state index contributed by atoms with van der Waals surface area (Å²) < 4.78 is 13.9. The molecular formula is C15H19FN2O4. The minimum Gasteiger partial charge on any atom is -0.480 e. The Morgan fingerprint density at radius 2 is 2.00 bits per heavy atom. The van der Waals surface area contributed by atoms with Crippen LogP contribution in [0.5, 0.6) is 0 Å². The molecular weight excluding hydrogens is 291 g/mol. The Morgan fingerprint density at radius 1 is 1.36 bits per heavy atom. The van der Waals surface area contributed by atoms with Crippen molar-refractivity contribution < 1.29 is 23.9 Å². The first-order valence-corrected chi connectivity index (χ1v) is 6.86. The quantitative estimate of drug-likeness (QED) is 0.842. The number of hydrogen-bond donors (Lipinski definition) is 2. The number of carboxylic acid groups (broad SMARTS) is 1. The van der Waals surface area contributed by atoms with Gasteiger partial charge in [0.05, 0.1) is 5.56 Å². The Bertz CT molecular complexity index is 589. The summed E-state index contributed by atoms with van der Waals surface area (Å²) in [4.78, 5) is 35.5. The molecule has 0 radical (unpaired) electrons. The van der Waals surface area contributed by atoms with E-state index in [1.54, 1.807) is 13.8 Å². The number of carbonyl (C=O) groups is 3. The highest BCUT2D eigenvalue weighted by atomic mass is 19.1. The Kier molecular flexibility index (Phi) is 6.03. The summed E-state index contributed by atoms with van der Waals surface area (Å²) in [6.07, 6.45) is 0.534. The van der Waals surface area contributed by atoms with Gasteiger partial charge in [-0.25, -0.2) is 4.39 Å². The highest BCUT2D eigenvalue weighted by Gasteiger charge is 2.25. The molecule has 0 fully saturated rings. The molecule has 120 valence electrons. The lowest BCUT2D eigenvalue weighted by Gasteiger charge is -2.27. The topological polar surface area (TPSA) is 86.7 Å². The van der Waals surface area contributed by atoms with Crippen LogP contribution in [-0.4, -0.2) is 40.4 Å². The largest absolute Gasteiger partial charge is 0.480 e. The number of carboxylic acids is 1. The molecule has 0 aromatic heterocycles. The van der Waals surface area contributed by atoms with Crippen molar-refractivity contribution >= 4 is 23.5 Å². The predicted octanol–water partition coefficient (Wildman–Crippen LogP) is 2.11. The number of aliphatic carboxylic acids is 1. The monoisotopic (exact) mass is 310 g/mol. The number of benzene rings is 1. The molecule has 2 N–H and O–H groups in total. The summed E-state index contributed by atoms with van der Waals surface area (Å²) in [5, 5.41) is 11.4. The molecule has 7 heteroatoms. The van der Waals surface area contributed by atoms with E-state index in [9.17, 15) is 18.8 Å². The Balaban J connectivity index is 3.16. The van der Waals surface area contributed by atoms with Crippen molar-refractivity contribution in [2.45, 2.75) is 33.2 Å². The highest BCUT2D eigenvalue weighted by molar-refractivity contribution is 5.98. The lowest BCUT2D eigenvalue weighted by atomic mass is 10.1. The molecule has 0 saturated carbocycles. The molecule has 1 unspecified atom stereocenters. The van der Waals surface area contributed by atoms with Crippen LogP contribution >= 0.6 is 0 Å². The molecule has 0 bridgehead atoms. The van der Waals surface area contributed by atoms with Gasteiger partial charge in [-0.2, -0.15) is 0 Å². The van der Waals surface area contributed by atoms with E-state index in [-0.39, 0.29) is 23.2 Å². The second-order valence-electron chi connectivity index (χ2n) is 4.96. The lowest BCUT2D eigenvalue weighted by Crippen LogP contribution is -2.42. The van der Waals surface area contributed by atoms with Crippen molar-refractivity contribution in [3.8, 4) is 0 Å². The lowest BCUT2D eigenvalue weighted by molar-refractivity contribution is -0.138. The van der Waals surface area contributed by atoms with Crippen molar-refractivity contribution in [2.75, 3.05) is 11.9 Å². The van der Waals surface area contributed by atoms with Crippen molar-refractivity contribution in [3.05, 3.63) is 29.6 Å². The molecule has 0 aliphatic rings. The zero-order valence-corrected chi connectivity index (χ0v) is 12.7. The van der Waals surface area contributed by atoms with Gasteiger partial charge in [-0.15, -0.1) is 0 Å². The first-order valence-electron chi connectivity index (χ1n) is 6.86. The number of hydrogen-bond acceptors (Lipinski definition) is 3. The molecule has 0 saturated heterocycles. The zero-order chi connectivity index (χ0) is 16.9. The fraction of sp³-hybridized carbons (Fsp3) is 0.400. The van der Waals surface area contributed by atoms with Gasteiger partial charge < -0.3 is 15.3 Å². The first-order chi connectivity index (χ1) is 10.3. The average Bonchev–Trinajstić information content (AvgIpc) is 2.44. The zero-order valence-electron chi connectivity index (χ0n) is 12.7. The van der Waals surface area contributed by atoms with Crippen LogP contribution in [0.4, 0.5) is 10.1 Å². The maximum absolute atomic E-state index is 13.9. The first kappa shape index (κ1) is 17.6. The van der Waals surface area contributed by atoms with E-state index in [2.05, 4.69) is 5.32 Å². The maximum atomic E-state index is 13.9. The van der Waals surface area contributed by atoms with E-state index in [1.807, 2.05) is 0 Å². The van der Waals surface area contributed by atoms with Crippen LogP contribution in [0.1, 0.15) is 37.6 Å². The number of halogens is 1. The Morgan fingerprint density at radius 3 is 2.50 bits per heavy atom. The highest BCUT2D eigenvalue weighted by Crippen LogP contribution is 2.18. The molecule has 1 rings (SSSR count). The summed E-state index contributed by atoms with van der Waals surface area (Å²) in [7, 11) is 0. The minimum absolute atomic E-state index is 0.271. The SMILES string of the molecule is CCC(C)N(CC(=O)O)C(=O)c1cc(NC(C)=O)ccc1F. The number of nitrogens with one attached hydrogen (secondary N) is 1. The molecule has 0 aliphatic carbocycles. The molecule has 1 aromatic carbocycles. The van der Waals surface area contributed by atoms with Crippen LogP contribution < -0.4 is 5.32 Å². The fourth-order valence-electron chi connectivity index (χ4n) is 1.92. The number of carbonyl (C=O) groups excluding carboxylic acids is 2. The van der Waals surface area contributed by atoms with Crippen molar-refractivity contribution in [1.29, 1.82) is 0 Å². The summed E-state index contributed by atoms with van der Waals surface area (Å²) in [6.45, 7) is 4.27. The van der Waals surface area contributed by atoms with Gasteiger partial charge in [0.1, 0.15) is 12.4 Å². The standard InChI is InChI=1S/C15H19FN2O4/c1-4-9(2)18(8-14(20)21)15(22)12-7-11(17-10(3)19)5-6-13(12)16/h5-7,9H,4,8H2,1-3H3,(H,17,19)(H,20,21). The third kappa shape index (κ3) is 4.54. The molecule has 2 amide bonds. The van der Waals surface area contributed by atoms with Gasteiger partial charge in [0.15, 0.2) is 0 Å². The van der Waals surface area contributed by atoms with Gasteiger partial charge in [-0.1, -0.05) is 6.92 Å². The summed E-state index contributed by atoms with van der Waals surface area (Å²) in [5.41, 5.74) is 0.00414. The third-order valence-electron chi connectivity index (χ3n) is 3.21. The predicted molar refractivity (Wildman–Crippen MR) is 79.1 cm³/mol. The normalized spacial score (nSPS) is 11.6. The van der Waals surface area contributed by atoms with E-state index in [0.29, 0.717) is 6.42 Å². The fourth-order valence-corrected chi connectivity index (χ4v) is 1.92. The van der Waals surface area contributed by atoms with Crippen molar-refractivity contribution in [2.24, 2.45) is 0 Å². The number of amides is 2. The average molecular weight is 310 g/mol. The van der Waals surface area contributed by atoms with Gasteiger partial charge in [0, 0.05) is 18.7 Å². The summed E-state index contributed by atoms with van der Waals surface area (Å²) in [6, 6.07) is 3.25. The van der Waals surface area contributed by atoms with E-state index in [4.69, 9.17) is 5.11 Å². The van der Waals surface area contributed by atoms with Gasteiger partial charge in [-0.05, 0) is 31.5 Å². The summed E-state index contributed by atoms with van der Waals surface area (Å²) >= 11 is 0. The van der Waals surface area contributed by atoms with E-state index in [0.717, 1.165) is 11.0 Å². The number of rotatable bonds is 6. The molecule has 22 heavy (non-hydrogen) atoms. The molecule has 0 heterocycles. The van der Waals surface area contributed by atoms with Crippen LogP contribution in [0, 0.1) is 5.82 Å². The van der Waals surface area contributed by atoms with Crippen LogP contribution in [0.3, 0.4) is 0 Å². The van der Waals surface area contributed by atoms with Crippen molar-refractivity contribution in [1.82, 2.24) is 4.90 Å². The van der Waals surface area contributed by atoms with Crippen LogP contribution in [0.25, 0.3) is 0 Å². The molecule has 1 atom stereocenters. The van der Waals surface area contributed by atoms with E-state index in [1.165, 1.54) is 19.1 Å². The maximum Gasteiger partial charge on any atom is 0.323 e. The van der Waals surface area contributed by atoms with Crippen LogP contribution in [0.15, 0.2) is 18.2 Å². The van der Waals surface area contributed by atoms with Gasteiger partial charge >= 0.3 is 5.97 Å². The number of nitrogens with zero attached hydrogens (tertiary/aromatic N) is 1. The van der Waals surface area contributed by atoms with E-state index >= 15 is 0 Å². The van der Waals surface area contributed by atoms with Crippen molar-refractivity contribution in [3.63, 3.8) is 0 Å². The molecule has 6 nitrogen and oxygen atoms in total. The second-order valence-corrected chi connectivity index (χ2v) is 4.96. The molecule has 1 aromatic rings. The molecule has 0 aliphatic heterocycles. The van der Waals surface area contributed by atoms with Crippen LogP contribution in [0.2, 0.25) is 0 Å². The van der Waals surface area contributed by atoms with Gasteiger partial charge in [0.25, 0.3) is 5.91 Å². The minimum atomic E-state index is -1.17. The number of anilines is 1. The Labute approximate surface area is 127 Å². The van der Waals surface area contributed by atoms with Gasteiger partial charge in [-0.3, -0.25) is 14.4 Å². The van der Waals surface area contributed by atoms with Gasteiger partial charge in [0.2, 0.25) is 5.91 Å². The van der Waals surface area contributed by atoms with E-state index < -0.39 is 24.2 Å². The smallest absolute Gasteiger partial charge is 0.323 e. The second kappa shape index (κ2) is 7.53. The molecule has 0 spiro atoms. The summed E-state index contributed by atoms with van der Waals surface area (Å²) in [5.74, 6) is -3.01. The Hall–Kier alpha value is -2.44. The third-order valence-corrected chi connectivity index (χ3v) is 3.21. The van der Waals surface area contributed by atoms with Crippen LogP contribution in [-0.2, 0) is 9.59 Å².